The summed E-state index contributed by atoms with van der Waals surface area (Å²) in [5.41, 5.74) is 5.85. The lowest BCUT2D eigenvalue weighted by Gasteiger charge is -2.40. The molecule has 2 amide bonds. The molecule has 3 aromatic carbocycles. The molecule has 9 heteroatoms. The Labute approximate surface area is 261 Å². The van der Waals surface area contributed by atoms with Gasteiger partial charge < -0.3 is 15.0 Å². The minimum atomic E-state index is -0.407. The Hall–Kier alpha value is -3.28. The van der Waals surface area contributed by atoms with Gasteiger partial charge in [0.15, 0.2) is 0 Å². The zero-order valence-electron chi connectivity index (χ0n) is 24.0. The van der Waals surface area contributed by atoms with E-state index >= 15 is 0 Å². The van der Waals surface area contributed by atoms with E-state index in [1.165, 1.54) is 45.2 Å². The molecule has 3 aromatic rings. The summed E-state index contributed by atoms with van der Waals surface area (Å²) in [7, 11) is 1.61. The van der Waals surface area contributed by atoms with Gasteiger partial charge in [-0.25, -0.2) is 5.43 Å². The Morgan fingerprint density at radius 3 is 2.45 bits per heavy atom. The summed E-state index contributed by atoms with van der Waals surface area (Å²) in [4.78, 5) is 31.5. The normalized spacial score (nSPS) is 16.8. The first-order chi connectivity index (χ1) is 20.5. The lowest BCUT2D eigenvalue weighted by atomic mass is 9.99. The minimum absolute atomic E-state index is 0.252. The van der Waals surface area contributed by atoms with Gasteiger partial charge in [-0.15, -0.1) is 0 Å². The standard InChI is InChI=1S/C33H38IN5O3/c1-42-29-11-8-24(9-12-29)22-35-37-33(41)30-21-27(34)10-13-31(30)36-32(40)26-7-5-6-25(20-26)23-38-18-14-28(15-19-38)39-16-3-2-4-17-39/h5-13,20-22,28H,2-4,14-19,23H2,1H3,(H,36,40)(H,37,41). The van der Waals surface area contributed by atoms with Gasteiger partial charge in [0.2, 0.25) is 0 Å². The van der Waals surface area contributed by atoms with Crippen LogP contribution in [0.15, 0.2) is 71.8 Å². The van der Waals surface area contributed by atoms with Crippen LogP contribution in [0.5, 0.6) is 5.75 Å². The van der Waals surface area contributed by atoms with Gasteiger partial charge in [0.05, 0.1) is 24.6 Å². The molecule has 0 spiro atoms. The van der Waals surface area contributed by atoms with Crippen molar-refractivity contribution in [3.05, 3.63) is 92.6 Å². The Kier molecular flexibility index (Phi) is 10.6. The Balaban J connectivity index is 1.18. The van der Waals surface area contributed by atoms with E-state index in [-0.39, 0.29) is 5.91 Å². The minimum Gasteiger partial charge on any atom is -0.497 e. The van der Waals surface area contributed by atoms with Gasteiger partial charge in [-0.2, -0.15) is 5.10 Å². The maximum atomic E-state index is 13.3. The molecule has 0 unspecified atom stereocenters. The smallest absolute Gasteiger partial charge is 0.273 e. The van der Waals surface area contributed by atoms with Crippen LogP contribution in [-0.2, 0) is 6.54 Å². The lowest BCUT2D eigenvalue weighted by Crippen LogP contribution is -2.46. The number of ether oxygens (including phenoxy) is 1. The van der Waals surface area contributed by atoms with Crippen molar-refractivity contribution in [1.29, 1.82) is 0 Å². The lowest BCUT2D eigenvalue weighted by molar-refractivity contribution is 0.0896. The van der Waals surface area contributed by atoms with Crippen molar-refractivity contribution < 1.29 is 14.3 Å². The molecule has 8 nitrogen and oxygen atoms in total. The second-order valence-corrected chi connectivity index (χ2v) is 12.2. The third kappa shape index (κ3) is 8.17. The number of benzene rings is 3. The number of likely N-dealkylation sites (tertiary alicyclic amines) is 2. The number of piperidine rings is 2. The fourth-order valence-electron chi connectivity index (χ4n) is 5.72. The van der Waals surface area contributed by atoms with Crippen LogP contribution in [0.3, 0.4) is 0 Å². The van der Waals surface area contributed by atoms with E-state index in [2.05, 4.69) is 54.3 Å². The van der Waals surface area contributed by atoms with Gasteiger partial charge in [0.25, 0.3) is 11.8 Å². The molecule has 2 fully saturated rings. The molecule has 2 aliphatic heterocycles. The zero-order valence-corrected chi connectivity index (χ0v) is 26.2. The summed E-state index contributed by atoms with van der Waals surface area (Å²) in [5.74, 6) is 0.0850. The molecule has 0 saturated carbocycles. The highest BCUT2D eigenvalue weighted by Gasteiger charge is 2.25. The van der Waals surface area contributed by atoms with Crippen LogP contribution in [0.2, 0.25) is 0 Å². The summed E-state index contributed by atoms with van der Waals surface area (Å²) in [6, 6.07) is 21.2. The average Bonchev–Trinajstić information content (AvgIpc) is 3.03. The first-order valence-electron chi connectivity index (χ1n) is 14.6. The number of nitrogens with zero attached hydrogens (tertiary/aromatic N) is 3. The Bertz CT molecular complexity index is 1400. The van der Waals surface area contributed by atoms with E-state index in [4.69, 9.17) is 4.74 Å². The largest absolute Gasteiger partial charge is 0.497 e. The molecular weight excluding hydrogens is 641 g/mol. The highest BCUT2D eigenvalue weighted by Crippen LogP contribution is 2.23. The topological polar surface area (TPSA) is 86.3 Å². The van der Waals surface area contributed by atoms with Crippen molar-refractivity contribution in [2.24, 2.45) is 5.10 Å². The molecule has 0 bridgehead atoms. The predicted molar refractivity (Wildman–Crippen MR) is 175 cm³/mol. The fraction of sp³-hybridized carbons (Fsp3) is 0.364. The van der Waals surface area contributed by atoms with E-state index in [9.17, 15) is 9.59 Å². The number of rotatable bonds is 9. The van der Waals surface area contributed by atoms with Crippen molar-refractivity contribution in [3.63, 3.8) is 0 Å². The summed E-state index contributed by atoms with van der Waals surface area (Å²) in [6.45, 7) is 5.50. The maximum absolute atomic E-state index is 13.3. The quantitative estimate of drug-likeness (QED) is 0.171. The summed E-state index contributed by atoms with van der Waals surface area (Å²) < 4.78 is 6.04. The van der Waals surface area contributed by atoms with Gasteiger partial charge in [-0.05, 0) is 140 Å². The van der Waals surface area contributed by atoms with E-state index < -0.39 is 5.91 Å². The summed E-state index contributed by atoms with van der Waals surface area (Å²) in [5, 5.41) is 7.03. The molecule has 2 saturated heterocycles. The first kappa shape index (κ1) is 30.2. The molecule has 5 rings (SSSR count). The first-order valence-corrected chi connectivity index (χ1v) is 15.7. The third-order valence-corrected chi connectivity index (χ3v) is 8.70. The molecule has 220 valence electrons. The number of carbonyl (C=O) groups excluding carboxylic acids is 2. The molecule has 0 aliphatic carbocycles. The SMILES string of the molecule is COc1ccc(C=NNC(=O)c2cc(I)ccc2NC(=O)c2cccc(CN3CCC(N4CCCCC4)CC3)c2)cc1. The Morgan fingerprint density at radius 2 is 1.71 bits per heavy atom. The van der Waals surface area contributed by atoms with Crippen molar-refractivity contribution in [2.75, 3.05) is 38.6 Å². The van der Waals surface area contributed by atoms with Crippen LogP contribution in [0.25, 0.3) is 0 Å². The van der Waals surface area contributed by atoms with Crippen LogP contribution >= 0.6 is 22.6 Å². The monoisotopic (exact) mass is 679 g/mol. The molecular formula is C33H38IN5O3. The molecule has 2 N–H and O–H groups in total. The van der Waals surface area contributed by atoms with Crippen LogP contribution < -0.4 is 15.5 Å². The van der Waals surface area contributed by atoms with E-state index in [1.807, 2.05) is 48.5 Å². The average molecular weight is 680 g/mol. The number of hydrogen-bond acceptors (Lipinski definition) is 6. The Morgan fingerprint density at radius 1 is 0.952 bits per heavy atom. The number of hydrazone groups is 1. The molecule has 2 aliphatic rings. The maximum Gasteiger partial charge on any atom is 0.273 e. The van der Waals surface area contributed by atoms with Crippen molar-refractivity contribution >= 4 is 46.3 Å². The zero-order chi connectivity index (χ0) is 29.3. The number of hydrogen-bond donors (Lipinski definition) is 2. The molecule has 42 heavy (non-hydrogen) atoms. The van der Waals surface area contributed by atoms with Crippen molar-refractivity contribution in [3.8, 4) is 5.75 Å². The molecule has 0 radical (unpaired) electrons. The molecule has 0 aromatic heterocycles. The van der Waals surface area contributed by atoms with Gasteiger partial charge in [0, 0.05) is 21.7 Å². The van der Waals surface area contributed by atoms with Gasteiger partial charge in [-0.3, -0.25) is 14.5 Å². The summed E-state index contributed by atoms with van der Waals surface area (Å²) >= 11 is 2.15. The summed E-state index contributed by atoms with van der Waals surface area (Å²) in [6.07, 6.45) is 8.02. The van der Waals surface area contributed by atoms with Crippen LogP contribution in [-0.4, -0.2) is 67.2 Å². The number of anilines is 1. The van der Waals surface area contributed by atoms with Crippen molar-refractivity contribution in [1.82, 2.24) is 15.2 Å². The van der Waals surface area contributed by atoms with E-state index in [1.54, 1.807) is 25.5 Å². The van der Waals surface area contributed by atoms with Crippen LogP contribution in [0, 0.1) is 3.57 Å². The van der Waals surface area contributed by atoms with Crippen molar-refractivity contribution in [2.45, 2.75) is 44.7 Å². The second-order valence-electron chi connectivity index (χ2n) is 10.9. The number of halogens is 1. The third-order valence-electron chi connectivity index (χ3n) is 8.03. The highest BCUT2D eigenvalue weighted by molar-refractivity contribution is 14.1. The fourth-order valence-corrected chi connectivity index (χ4v) is 6.21. The number of carbonyl (C=O) groups is 2. The van der Waals surface area contributed by atoms with Gasteiger partial charge in [0.1, 0.15) is 5.75 Å². The molecule has 0 atom stereocenters. The number of nitrogens with one attached hydrogen (secondary N) is 2. The van der Waals surface area contributed by atoms with Gasteiger partial charge >= 0.3 is 0 Å². The van der Waals surface area contributed by atoms with E-state index in [0.29, 0.717) is 22.9 Å². The number of amides is 2. The predicted octanol–water partition coefficient (Wildman–Crippen LogP) is 5.77. The highest BCUT2D eigenvalue weighted by atomic mass is 127. The number of methoxy groups -OCH3 is 1. The van der Waals surface area contributed by atoms with Crippen LogP contribution in [0.4, 0.5) is 5.69 Å². The van der Waals surface area contributed by atoms with E-state index in [0.717, 1.165) is 40.1 Å². The van der Waals surface area contributed by atoms with Gasteiger partial charge in [-0.1, -0.05) is 18.6 Å². The molecule has 2 heterocycles. The second kappa shape index (κ2) is 14.8. The van der Waals surface area contributed by atoms with Crippen LogP contribution in [0.1, 0.15) is 63.9 Å².